The lowest BCUT2D eigenvalue weighted by atomic mass is 9.98. The number of likely N-dealkylation sites (tertiary alicyclic amines) is 1. The van der Waals surface area contributed by atoms with Crippen molar-refractivity contribution in [2.45, 2.75) is 39.2 Å². The monoisotopic (exact) mass is 411 g/mol. The summed E-state index contributed by atoms with van der Waals surface area (Å²) in [5, 5.41) is 1.21. The number of aryl methyl sites for hydroxylation is 1. The van der Waals surface area contributed by atoms with Gasteiger partial charge < -0.3 is 9.30 Å². The van der Waals surface area contributed by atoms with Gasteiger partial charge in [0.2, 0.25) is 0 Å². The minimum Gasteiger partial charge on any atom is -0.383 e. The predicted molar refractivity (Wildman–Crippen MR) is 118 cm³/mol. The van der Waals surface area contributed by atoms with Gasteiger partial charge in [-0.2, -0.15) is 0 Å². The number of carbonyl (C=O) groups is 1. The molecule has 0 radical (unpaired) electrons. The number of ether oxygens (including phenoxy) is 1. The van der Waals surface area contributed by atoms with E-state index in [4.69, 9.17) is 9.72 Å². The van der Waals surface area contributed by atoms with Crippen LogP contribution in [0.2, 0.25) is 0 Å². The molecule has 0 unspecified atom stereocenters. The number of piperidine rings is 1. The van der Waals surface area contributed by atoms with E-state index in [0.717, 1.165) is 54.9 Å². The first-order valence-corrected chi connectivity index (χ1v) is 11.1. The van der Waals surface area contributed by atoms with Crippen molar-refractivity contribution in [1.82, 2.24) is 14.5 Å². The molecule has 0 amide bonds. The third-order valence-corrected chi connectivity index (χ3v) is 7.12. The molecule has 0 N–H and O–H groups in total. The van der Waals surface area contributed by atoms with Crippen LogP contribution in [-0.2, 0) is 11.3 Å². The van der Waals surface area contributed by atoms with Gasteiger partial charge in [0.05, 0.1) is 28.4 Å². The number of carbonyl (C=O) groups excluding carboxylic acids is 1. The number of aromatic nitrogens is 2. The Morgan fingerprint density at radius 2 is 2.14 bits per heavy atom. The zero-order chi connectivity index (χ0) is 20.4. The lowest BCUT2D eigenvalue weighted by molar-refractivity contribution is 0.0906. The van der Waals surface area contributed by atoms with Crippen molar-refractivity contribution in [2.24, 2.45) is 0 Å². The second-order valence-electron chi connectivity index (χ2n) is 7.95. The van der Waals surface area contributed by atoms with Crippen LogP contribution >= 0.6 is 11.3 Å². The highest BCUT2D eigenvalue weighted by molar-refractivity contribution is 7.18. The Morgan fingerprint density at radius 3 is 2.93 bits per heavy atom. The topological polar surface area (TPSA) is 47.4 Å². The normalized spacial score (nSPS) is 17.8. The SMILES string of the molecule is COCCn1c(C)cc(C(=O)CN2CCC[C@@H](c3nc4ccccc4s3)C2)c1C. The summed E-state index contributed by atoms with van der Waals surface area (Å²) in [5.74, 6) is 0.634. The highest BCUT2D eigenvalue weighted by Gasteiger charge is 2.26. The number of hydrogen-bond acceptors (Lipinski definition) is 5. The van der Waals surface area contributed by atoms with Crippen LogP contribution in [-0.4, -0.2) is 53.6 Å². The number of thiazole rings is 1. The number of Topliss-reactive ketones (excluding diaryl/α,β-unsaturated/α-hetero) is 1. The molecule has 3 aromatic rings. The summed E-state index contributed by atoms with van der Waals surface area (Å²) in [5.41, 5.74) is 4.10. The number of methoxy groups -OCH3 is 1. The number of nitrogens with zero attached hydrogens (tertiary/aromatic N) is 3. The third-order valence-electron chi connectivity index (χ3n) is 5.93. The second-order valence-corrected chi connectivity index (χ2v) is 9.01. The number of para-hydroxylation sites is 1. The van der Waals surface area contributed by atoms with E-state index in [-0.39, 0.29) is 5.78 Å². The van der Waals surface area contributed by atoms with Crippen molar-refractivity contribution in [1.29, 1.82) is 0 Å². The summed E-state index contributed by atoms with van der Waals surface area (Å²) in [6.45, 7) is 7.91. The van der Waals surface area contributed by atoms with Crippen LogP contribution in [0.5, 0.6) is 0 Å². The van der Waals surface area contributed by atoms with Crippen molar-refractivity contribution in [3.05, 3.63) is 52.3 Å². The lowest BCUT2D eigenvalue weighted by Gasteiger charge is -2.31. The molecule has 3 heterocycles. The Morgan fingerprint density at radius 1 is 1.31 bits per heavy atom. The Bertz CT molecular complexity index is 974. The lowest BCUT2D eigenvalue weighted by Crippen LogP contribution is -2.38. The molecular weight excluding hydrogens is 382 g/mol. The van der Waals surface area contributed by atoms with E-state index in [1.165, 1.54) is 9.71 Å². The van der Waals surface area contributed by atoms with E-state index >= 15 is 0 Å². The van der Waals surface area contributed by atoms with Gasteiger partial charge in [0, 0.05) is 43.1 Å². The van der Waals surface area contributed by atoms with Gasteiger partial charge in [-0.3, -0.25) is 9.69 Å². The molecule has 2 aromatic heterocycles. The van der Waals surface area contributed by atoms with E-state index in [0.29, 0.717) is 19.1 Å². The van der Waals surface area contributed by atoms with Crippen LogP contribution < -0.4 is 0 Å². The first-order chi connectivity index (χ1) is 14.1. The molecule has 1 aliphatic heterocycles. The van der Waals surface area contributed by atoms with Crippen LogP contribution in [0.4, 0.5) is 0 Å². The summed E-state index contributed by atoms with van der Waals surface area (Å²) < 4.78 is 8.63. The number of ketones is 1. The fourth-order valence-electron chi connectivity index (χ4n) is 4.36. The minimum atomic E-state index is 0.215. The zero-order valence-corrected chi connectivity index (χ0v) is 18.3. The third kappa shape index (κ3) is 4.29. The van der Waals surface area contributed by atoms with Gasteiger partial charge in [-0.15, -0.1) is 11.3 Å². The number of benzene rings is 1. The molecule has 29 heavy (non-hydrogen) atoms. The summed E-state index contributed by atoms with van der Waals surface area (Å²) >= 11 is 1.80. The fraction of sp³-hybridized carbons (Fsp3) is 0.478. The van der Waals surface area contributed by atoms with E-state index < -0.39 is 0 Å². The van der Waals surface area contributed by atoms with Crippen molar-refractivity contribution in [3.63, 3.8) is 0 Å². The maximum Gasteiger partial charge on any atom is 0.178 e. The Hall–Kier alpha value is -2.02. The van der Waals surface area contributed by atoms with Gasteiger partial charge in [-0.25, -0.2) is 4.98 Å². The van der Waals surface area contributed by atoms with Crippen LogP contribution in [0.1, 0.15) is 45.5 Å². The van der Waals surface area contributed by atoms with Gasteiger partial charge in [0.1, 0.15) is 0 Å². The zero-order valence-electron chi connectivity index (χ0n) is 17.5. The van der Waals surface area contributed by atoms with Crippen LogP contribution in [0.25, 0.3) is 10.2 Å². The molecule has 1 fully saturated rings. The predicted octanol–water partition coefficient (Wildman–Crippen LogP) is 4.42. The largest absolute Gasteiger partial charge is 0.383 e. The first-order valence-electron chi connectivity index (χ1n) is 10.3. The standard InChI is InChI=1S/C23H29N3O2S/c1-16-13-19(17(2)26(16)11-12-28-3)21(27)15-25-10-6-7-18(14-25)23-24-20-8-4-5-9-22(20)29-23/h4-5,8-9,13,18H,6-7,10-12,14-15H2,1-3H3/t18-/m1/s1. The second kappa shape index (κ2) is 8.78. The molecule has 154 valence electrons. The molecule has 5 nitrogen and oxygen atoms in total. The molecule has 0 bridgehead atoms. The molecule has 1 aliphatic rings. The average Bonchev–Trinajstić information content (AvgIpc) is 3.28. The molecular formula is C23H29N3O2S. The summed E-state index contributed by atoms with van der Waals surface area (Å²) in [6, 6.07) is 10.4. The fourth-order valence-corrected chi connectivity index (χ4v) is 5.46. The molecule has 1 saturated heterocycles. The van der Waals surface area contributed by atoms with Crippen molar-refractivity contribution >= 4 is 27.3 Å². The highest BCUT2D eigenvalue weighted by Crippen LogP contribution is 2.33. The summed E-state index contributed by atoms with van der Waals surface area (Å²) in [7, 11) is 1.71. The van der Waals surface area contributed by atoms with Gasteiger partial charge in [-0.05, 0) is 51.4 Å². The maximum absolute atomic E-state index is 13.1. The number of hydrogen-bond donors (Lipinski definition) is 0. The van der Waals surface area contributed by atoms with Crippen molar-refractivity contribution in [2.75, 3.05) is 33.4 Å². The molecule has 6 heteroatoms. The van der Waals surface area contributed by atoms with E-state index in [2.05, 4.69) is 34.6 Å². The Labute approximate surface area is 176 Å². The van der Waals surface area contributed by atoms with E-state index in [9.17, 15) is 4.79 Å². The quantitative estimate of drug-likeness (QED) is 0.540. The Kier molecular flexibility index (Phi) is 6.13. The number of rotatable bonds is 7. The van der Waals surface area contributed by atoms with Gasteiger partial charge in [-0.1, -0.05) is 12.1 Å². The summed E-state index contributed by atoms with van der Waals surface area (Å²) in [6.07, 6.45) is 2.26. The summed E-state index contributed by atoms with van der Waals surface area (Å²) in [4.78, 5) is 20.2. The van der Waals surface area contributed by atoms with Gasteiger partial charge in [0.25, 0.3) is 0 Å². The van der Waals surface area contributed by atoms with Crippen molar-refractivity contribution in [3.8, 4) is 0 Å². The van der Waals surface area contributed by atoms with Crippen LogP contribution in [0, 0.1) is 13.8 Å². The molecule has 0 saturated carbocycles. The molecule has 0 spiro atoms. The smallest absolute Gasteiger partial charge is 0.178 e. The van der Waals surface area contributed by atoms with Crippen molar-refractivity contribution < 1.29 is 9.53 Å². The molecule has 4 rings (SSSR count). The van der Waals surface area contributed by atoms with E-state index in [1.54, 1.807) is 18.4 Å². The maximum atomic E-state index is 13.1. The van der Waals surface area contributed by atoms with Crippen LogP contribution in [0.15, 0.2) is 30.3 Å². The molecule has 1 aromatic carbocycles. The first kappa shape index (κ1) is 20.3. The van der Waals surface area contributed by atoms with Gasteiger partial charge in [0.15, 0.2) is 5.78 Å². The molecule has 1 atom stereocenters. The highest BCUT2D eigenvalue weighted by atomic mass is 32.1. The molecule has 0 aliphatic carbocycles. The average molecular weight is 412 g/mol. The minimum absolute atomic E-state index is 0.215. The van der Waals surface area contributed by atoms with Crippen LogP contribution in [0.3, 0.4) is 0 Å². The number of fused-ring (bicyclic) bond motifs is 1. The van der Waals surface area contributed by atoms with Gasteiger partial charge >= 0.3 is 0 Å². The van der Waals surface area contributed by atoms with E-state index in [1.807, 2.05) is 19.1 Å². The Balaban J connectivity index is 1.45.